The van der Waals surface area contributed by atoms with Gasteiger partial charge in [0.05, 0.1) is 0 Å². The van der Waals surface area contributed by atoms with Gasteiger partial charge in [0.25, 0.3) is 5.91 Å². The van der Waals surface area contributed by atoms with Crippen molar-refractivity contribution in [3.05, 3.63) is 29.3 Å². The molecule has 7 heteroatoms. The van der Waals surface area contributed by atoms with Crippen LogP contribution in [0.5, 0.6) is 5.75 Å². The number of carbonyl (C=O) groups excluding carboxylic acids is 3. The summed E-state index contributed by atoms with van der Waals surface area (Å²) in [5.74, 6) is -1.79. The first-order valence-electron chi connectivity index (χ1n) is 6.37. The van der Waals surface area contributed by atoms with Crippen molar-refractivity contribution in [1.29, 1.82) is 0 Å². The lowest BCUT2D eigenvalue weighted by molar-refractivity contribution is -0.123. The highest BCUT2D eigenvalue weighted by Gasteiger charge is 2.16. The van der Waals surface area contributed by atoms with Crippen LogP contribution in [0.2, 0.25) is 0 Å². The van der Waals surface area contributed by atoms with E-state index in [0.717, 1.165) is 0 Å². The summed E-state index contributed by atoms with van der Waals surface area (Å²) in [7, 11) is 0. The molecule has 0 aliphatic carbocycles. The van der Waals surface area contributed by atoms with Crippen molar-refractivity contribution in [3.8, 4) is 5.75 Å². The molecule has 0 spiro atoms. The normalized spacial score (nSPS) is 10.1. The number of benzene rings is 1. The predicted octanol–water partition coefficient (Wildman–Crippen LogP) is 1.09. The molecule has 7 nitrogen and oxygen atoms in total. The molecule has 0 saturated carbocycles. The number of aryl methyl sites for hydroxylation is 1. The van der Waals surface area contributed by atoms with Gasteiger partial charge in [0.2, 0.25) is 0 Å². The number of hydrogen-bond acceptors (Lipinski definition) is 5. The third-order valence-electron chi connectivity index (χ3n) is 2.46. The van der Waals surface area contributed by atoms with E-state index in [1.807, 2.05) is 5.32 Å². The third-order valence-corrected chi connectivity index (χ3v) is 2.46. The molecule has 0 fully saturated rings. The molecule has 3 N–H and O–H groups in total. The van der Waals surface area contributed by atoms with E-state index in [-0.39, 0.29) is 17.4 Å². The standard InChI is InChI=1S/C14H18N2O5/c1-8(2)15-14(20)16-11(17)7-21-13(19)10-6-4-5-9(3)12(10)18/h4-6,8,18H,7H2,1-3H3,(H2,15,16,17,20). The summed E-state index contributed by atoms with van der Waals surface area (Å²) in [5, 5.41) is 14.2. The minimum atomic E-state index is -0.837. The molecule has 1 aromatic carbocycles. The van der Waals surface area contributed by atoms with Gasteiger partial charge in [-0.05, 0) is 32.4 Å². The van der Waals surface area contributed by atoms with E-state index >= 15 is 0 Å². The van der Waals surface area contributed by atoms with Crippen molar-refractivity contribution in [3.63, 3.8) is 0 Å². The highest BCUT2D eigenvalue weighted by atomic mass is 16.5. The van der Waals surface area contributed by atoms with Crippen molar-refractivity contribution >= 4 is 17.9 Å². The van der Waals surface area contributed by atoms with E-state index in [1.165, 1.54) is 6.07 Å². The molecule has 0 radical (unpaired) electrons. The molecule has 0 heterocycles. The van der Waals surface area contributed by atoms with Gasteiger partial charge in [-0.15, -0.1) is 0 Å². The van der Waals surface area contributed by atoms with Crippen molar-refractivity contribution < 1.29 is 24.2 Å². The minimum Gasteiger partial charge on any atom is -0.507 e. The Labute approximate surface area is 122 Å². The summed E-state index contributed by atoms with van der Waals surface area (Å²) in [5.41, 5.74) is 0.486. The zero-order chi connectivity index (χ0) is 16.0. The topological polar surface area (TPSA) is 105 Å². The lowest BCUT2D eigenvalue weighted by Crippen LogP contribution is -2.44. The Morgan fingerprint density at radius 2 is 1.95 bits per heavy atom. The fourth-order valence-electron chi connectivity index (χ4n) is 1.49. The molecule has 0 aromatic heterocycles. The number of hydrogen-bond donors (Lipinski definition) is 3. The molecule has 0 aliphatic heterocycles. The maximum atomic E-state index is 11.7. The molecule has 114 valence electrons. The van der Waals surface area contributed by atoms with E-state index in [1.54, 1.807) is 32.9 Å². The molecular formula is C14H18N2O5. The van der Waals surface area contributed by atoms with E-state index in [9.17, 15) is 19.5 Å². The maximum Gasteiger partial charge on any atom is 0.342 e. The summed E-state index contributed by atoms with van der Waals surface area (Å²) < 4.78 is 4.74. The number of phenols is 1. The fraction of sp³-hybridized carbons (Fsp3) is 0.357. The molecule has 21 heavy (non-hydrogen) atoms. The number of ether oxygens (including phenoxy) is 1. The van der Waals surface area contributed by atoms with Crippen molar-refractivity contribution in [1.82, 2.24) is 10.6 Å². The number of imide groups is 1. The van der Waals surface area contributed by atoms with E-state index in [0.29, 0.717) is 5.56 Å². The summed E-state index contributed by atoms with van der Waals surface area (Å²) in [6.45, 7) is 4.50. The van der Waals surface area contributed by atoms with E-state index in [2.05, 4.69) is 5.32 Å². The van der Waals surface area contributed by atoms with Crippen molar-refractivity contribution in [2.24, 2.45) is 0 Å². The second kappa shape index (κ2) is 7.28. The van der Waals surface area contributed by atoms with Crippen LogP contribution in [-0.2, 0) is 9.53 Å². The predicted molar refractivity (Wildman–Crippen MR) is 74.9 cm³/mol. The van der Waals surface area contributed by atoms with Gasteiger partial charge >= 0.3 is 12.0 Å². The van der Waals surface area contributed by atoms with Gasteiger partial charge in [0.1, 0.15) is 11.3 Å². The molecule has 0 unspecified atom stereocenters. The zero-order valence-corrected chi connectivity index (χ0v) is 12.1. The Hall–Kier alpha value is -2.57. The van der Waals surface area contributed by atoms with Gasteiger partial charge in [-0.3, -0.25) is 10.1 Å². The monoisotopic (exact) mass is 294 g/mol. The van der Waals surface area contributed by atoms with Crippen molar-refractivity contribution in [2.45, 2.75) is 26.8 Å². The third kappa shape index (κ3) is 5.13. The number of para-hydroxylation sites is 1. The smallest absolute Gasteiger partial charge is 0.342 e. The average Bonchev–Trinajstić information content (AvgIpc) is 2.38. The number of amides is 3. The molecule has 3 amide bonds. The van der Waals surface area contributed by atoms with Gasteiger partial charge in [-0.1, -0.05) is 12.1 Å². The Kier molecular flexibility index (Phi) is 5.71. The quantitative estimate of drug-likeness (QED) is 0.721. The number of aromatic hydroxyl groups is 1. The summed E-state index contributed by atoms with van der Waals surface area (Å²) in [6, 6.07) is 3.82. The van der Waals surface area contributed by atoms with Crippen LogP contribution in [0.4, 0.5) is 4.79 Å². The molecule has 1 aromatic rings. The molecule has 0 bridgehead atoms. The maximum absolute atomic E-state index is 11.7. The first-order chi connectivity index (χ1) is 9.81. The highest BCUT2D eigenvalue weighted by molar-refractivity contribution is 5.97. The van der Waals surface area contributed by atoms with E-state index in [4.69, 9.17) is 4.74 Å². The van der Waals surface area contributed by atoms with E-state index < -0.39 is 24.5 Å². The van der Waals surface area contributed by atoms with Gasteiger partial charge in [0, 0.05) is 6.04 Å². The lowest BCUT2D eigenvalue weighted by Gasteiger charge is -2.10. The molecule has 0 saturated heterocycles. The first kappa shape index (κ1) is 16.5. The van der Waals surface area contributed by atoms with Gasteiger partial charge in [0.15, 0.2) is 6.61 Å². The average molecular weight is 294 g/mol. The lowest BCUT2D eigenvalue weighted by atomic mass is 10.1. The first-order valence-corrected chi connectivity index (χ1v) is 6.37. The zero-order valence-electron chi connectivity index (χ0n) is 12.1. The van der Waals surface area contributed by atoms with Gasteiger partial charge in [-0.25, -0.2) is 9.59 Å². The number of urea groups is 1. The Bertz CT molecular complexity index is 554. The van der Waals surface area contributed by atoms with Crippen LogP contribution in [0, 0.1) is 6.92 Å². The minimum absolute atomic E-state index is 0.0329. The second-order valence-electron chi connectivity index (χ2n) is 4.72. The van der Waals surface area contributed by atoms with Crippen LogP contribution in [0.3, 0.4) is 0 Å². The summed E-state index contributed by atoms with van der Waals surface area (Å²) >= 11 is 0. The van der Waals surface area contributed by atoms with Crippen molar-refractivity contribution in [2.75, 3.05) is 6.61 Å². The fourth-order valence-corrected chi connectivity index (χ4v) is 1.49. The molecule has 0 atom stereocenters. The van der Waals surface area contributed by atoms with Gasteiger partial charge in [-0.2, -0.15) is 0 Å². The van der Waals surface area contributed by atoms with Crippen LogP contribution < -0.4 is 10.6 Å². The number of phenolic OH excluding ortho intramolecular Hbond substituents is 1. The van der Waals surface area contributed by atoms with Crippen LogP contribution in [0.15, 0.2) is 18.2 Å². The Morgan fingerprint density at radius 3 is 2.57 bits per heavy atom. The molecule has 1 rings (SSSR count). The largest absolute Gasteiger partial charge is 0.507 e. The summed E-state index contributed by atoms with van der Waals surface area (Å²) in [4.78, 5) is 34.4. The van der Waals surface area contributed by atoms with Crippen LogP contribution in [0.1, 0.15) is 29.8 Å². The summed E-state index contributed by atoms with van der Waals surface area (Å²) in [6.07, 6.45) is 0. The Morgan fingerprint density at radius 1 is 1.29 bits per heavy atom. The van der Waals surface area contributed by atoms with Crippen LogP contribution >= 0.6 is 0 Å². The Balaban J connectivity index is 2.51. The van der Waals surface area contributed by atoms with Crippen LogP contribution in [-0.4, -0.2) is 35.7 Å². The number of nitrogens with one attached hydrogen (secondary N) is 2. The van der Waals surface area contributed by atoms with Gasteiger partial charge < -0.3 is 15.2 Å². The molecular weight excluding hydrogens is 276 g/mol. The van der Waals surface area contributed by atoms with Crippen LogP contribution in [0.25, 0.3) is 0 Å². The second-order valence-corrected chi connectivity index (χ2v) is 4.72. The SMILES string of the molecule is Cc1cccc(C(=O)OCC(=O)NC(=O)NC(C)C)c1O. The highest BCUT2D eigenvalue weighted by Crippen LogP contribution is 2.21. The molecule has 0 aliphatic rings. The number of rotatable bonds is 4. The number of esters is 1. The number of carbonyl (C=O) groups is 3.